The number of carbonyl (C=O) groups is 1. The molecule has 0 unspecified atom stereocenters. The van der Waals surface area contributed by atoms with E-state index >= 15 is 0 Å². The SMILES string of the molecule is Cc1cc(C(=O)NCc2ccccc2C)nc(Nc2ccc(C(C)C)cc2)n1. The molecule has 0 fully saturated rings. The highest BCUT2D eigenvalue weighted by atomic mass is 16.1. The minimum atomic E-state index is -0.216. The maximum Gasteiger partial charge on any atom is 0.270 e. The first-order valence-electron chi connectivity index (χ1n) is 9.48. The van der Waals surface area contributed by atoms with Crippen molar-refractivity contribution in [2.24, 2.45) is 0 Å². The lowest BCUT2D eigenvalue weighted by Gasteiger charge is -2.11. The third kappa shape index (κ3) is 4.94. The Balaban J connectivity index is 1.71. The fourth-order valence-corrected chi connectivity index (χ4v) is 2.90. The molecule has 28 heavy (non-hydrogen) atoms. The van der Waals surface area contributed by atoms with Crippen molar-refractivity contribution in [1.29, 1.82) is 0 Å². The molecule has 3 aromatic rings. The minimum Gasteiger partial charge on any atom is -0.347 e. The summed E-state index contributed by atoms with van der Waals surface area (Å²) in [5.74, 6) is 0.679. The van der Waals surface area contributed by atoms with E-state index in [9.17, 15) is 4.79 Å². The molecule has 0 bridgehead atoms. The zero-order valence-electron chi connectivity index (χ0n) is 16.8. The number of anilines is 2. The van der Waals surface area contributed by atoms with Gasteiger partial charge >= 0.3 is 0 Å². The number of carbonyl (C=O) groups excluding carboxylic acids is 1. The first-order valence-corrected chi connectivity index (χ1v) is 9.48. The summed E-state index contributed by atoms with van der Waals surface area (Å²) in [6.07, 6.45) is 0. The Hall–Kier alpha value is -3.21. The van der Waals surface area contributed by atoms with Crippen LogP contribution in [0.4, 0.5) is 11.6 Å². The maximum absolute atomic E-state index is 12.6. The molecule has 0 saturated heterocycles. The van der Waals surface area contributed by atoms with Crippen LogP contribution >= 0.6 is 0 Å². The normalized spacial score (nSPS) is 10.8. The zero-order valence-corrected chi connectivity index (χ0v) is 16.8. The summed E-state index contributed by atoms with van der Waals surface area (Å²) in [5, 5.41) is 6.12. The summed E-state index contributed by atoms with van der Waals surface area (Å²) in [5.41, 5.74) is 5.48. The van der Waals surface area contributed by atoms with Crippen LogP contribution in [0.25, 0.3) is 0 Å². The van der Waals surface area contributed by atoms with Gasteiger partial charge in [-0.25, -0.2) is 9.97 Å². The fourth-order valence-electron chi connectivity index (χ4n) is 2.90. The fraction of sp³-hybridized carbons (Fsp3) is 0.261. The molecule has 0 atom stereocenters. The lowest BCUT2D eigenvalue weighted by atomic mass is 10.0. The van der Waals surface area contributed by atoms with E-state index in [1.807, 2.05) is 50.2 Å². The van der Waals surface area contributed by atoms with Crippen molar-refractivity contribution in [3.63, 3.8) is 0 Å². The molecular formula is C23H26N4O. The van der Waals surface area contributed by atoms with Gasteiger partial charge in [-0.2, -0.15) is 0 Å². The van der Waals surface area contributed by atoms with Gasteiger partial charge in [-0.05, 0) is 54.7 Å². The van der Waals surface area contributed by atoms with Crippen molar-refractivity contribution < 1.29 is 4.79 Å². The number of nitrogens with one attached hydrogen (secondary N) is 2. The Labute approximate surface area is 166 Å². The van der Waals surface area contributed by atoms with Gasteiger partial charge in [0.2, 0.25) is 5.95 Å². The van der Waals surface area contributed by atoms with E-state index in [0.29, 0.717) is 24.1 Å². The van der Waals surface area contributed by atoms with Gasteiger partial charge < -0.3 is 10.6 Å². The van der Waals surface area contributed by atoms with Crippen LogP contribution in [0.3, 0.4) is 0 Å². The third-order valence-corrected chi connectivity index (χ3v) is 4.62. The molecule has 144 valence electrons. The Morgan fingerprint density at radius 2 is 1.71 bits per heavy atom. The Bertz CT molecular complexity index is 965. The Morgan fingerprint density at radius 3 is 2.39 bits per heavy atom. The first kappa shape index (κ1) is 19.5. The predicted molar refractivity (Wildman–Crippen MR) is 113 cm³/mol. The van der Waals surface area contributed by atoms with Gasteiger partial charge in [0.05, 0.1) is 0 Å². The van der Waals surface area contributed by atoms with Gasteiger partial charge in [-0.15, -0.1) is 0 Å². The number of amides is 1. The number of rotatable bonds is 6. The molecular weight excluding hydrogens is 348 g/mol. The van der Waals surface area contributed by atoms with Crippen LogP contribution in [0.2, 0.25) is 0 Å². The van der Waals surface area contributed by atoms with Crippen LogP contribution in [-0.4, -0.2) is 15.9 Å². The van der Waals surface area contributed by atoms with E-state index in [4.69, 9.17) is 0 Å². The van der Waals surface area contributed by atoms with Crippen molar-refractivity contribution >= 4 is 17.5 Å². The molecule has 3 rings (SSSR count). The summed E-state index contributed by atoms with van der Waals surface area (Å²) in [6, 6.07) is 17.9. The van der Waals surface area contributed by atoms with Gasteiger partial charge in [0.15, 0.2) is 0 Å². The quantitative estimate of drug-likeness (QED) is 0.645. The van der Waals surface area contributed by atoms with Crippen LogP contribution < -0.4 is 10.6 Å². The molecule has 0 aliphatic heterocycles. The van der Waals surface area contributed by atoms with Gasteiger partial charge in [0.1, 0.15) is 5.69 Å². The Kier molecular flexibility index (Phi) is 6.04. The molecule has 1 amide bonds. The standard InChI is InChI=1S/C23H26N4O/c1-15(2)18-9-11-20(12-10-18)26-23-25-17(4)13-21(27-23)22(28)24-14-19-8-6-5-7-16(19)3/h5-13,15H,14H2,1-4H3,(H,24,28)(H,25,26,27). The van der Waals surface area contributed by atoms with Crippen molar-refractivity contribution in [1.82, 2.24) is 15.3 Å². The second-order valence-electron chi connectivity index (χ2n) is 7.23. The van der Waals surface area contributed by atoms with Crippen molar-refractivity contribution in [3.8, 4) is 0 Å². The number of aryl methyl sites for hydroxylation is 2. The van der Waals surface area contributed by atoms with Crippen LogP contribution in [0.5, 0.6) is 0 Å². The van der Waals surface area contributed by atoms with Gasteiger partial charge in [0, 0.05) is 17.9 Å². The highest BCUT2D eigenvalue weighted by Crippen LogP contribution is 2.19. The molecule has 2 N–H and O–H groups in total. The van der Waals surface area contributed by atoms with E-state index < -0.39 is 0 Å². The molecule has 0 aliphatic rings. The summed E-state index contributed by atoms with van der Waals surface area (Å²) in [7, 11) is 0. The molecule has 1 aromatic heterocycles. The van der Waals surface area contributed by atoms with E-state index in [1.54, 1.807) is 6.07 Å². The molecule has 2 aromatic carbocycles. The molecule has 5 heteroatoms. The van der Waals surface area contributed by atoms with Gasteiger partial charge in [0.25, 0.3) is 5.91 Å². The molecule has 0 saturated carbocycles. The van der Waals surface area contributed by atoms with Gasteiger partial charge in [-0.3, -0.25) is 4.79 Å². The number of nitrogens with zero attached hydrogens (tertiary/aromatic N) is 2. The smallest absolute Gasteiger partial charge is 0.270 e. The van der Waals surface area contributed by atoms with Gasteiger partial charge in [-0.1, -0.05) is 50.2 Å². The van der Waals surface area contributed by atoms with Crippen LogP contribution in [-0.2, 0) is 6.54 Å². The average molecular weight is 374 g/mol. The molecule has 0 aliphatic carbocycles. The zero-order chi connectivity index (χ0) is 20.1. The third-order valence-electron chi connectivity index (χ3n) is 4.62. The minimum absolute atomic E-state index is 0.216. The molecule has 1 heterocycles. The van der Waals surface area contributed by atoms with E-state index in [0.717, 1.165) is 22.5 Å². The maximum atomic E-state index is 12.6. The first-order chi connectivity index (χ1) is 13.4. The highest BCUT2D eigenvalue weighted by molar-refractivity contribution is 5.92. The van der Waals surface area contributed by atoms with Crippen molar-refractivity contribution in [3.05, 3.63) is 82.7 Å². The van der Waals surface area contributed by atoms with E-state index in [1.165, 1.54) is 5.56 Å². The number of hydrogen-bond acceptors (Lipinski definition) is 4. The molecule has 5 nitrogen and oxygen atoms in total. The number of benzene rings is 2. The average Bonchev–Trinajstić information content (AvgIpc) is 2.67. The van der Waals surface area contributed by atoms with Crippen LogP contribution in [0.1, 0.15) is 52.6 Å². The topological polar surface area (TPSA) is 66.9 Å². The Morgan fingerprint density at radius 1 is 1.00 bits per heavy atom. The summed E-state index contributed by atoms with van der Waals surface area (Å²) in [6.45, 7) is 8.67. The monoisotopic (exact) mass is 374 g/mol. The lowest BCUT2D eigenvalue weighted by molar-refractivity contribution is 0.0945. The number of aromatic nitrogens is 2. The van der Waals surface area contributed by atoms with Crippen LogP contribution in [0.15, 0.2) is 54.6 Å². The van der Waals surface area contributed by atoms with E-state index in [2.05, 4.69) is 46.6 Å². The predicted octanol–water partition coefficient (Wildman–Crippen LogP) is 4.89. The lowest BCUT2D eigenvalue weighted by Crippen LogP contribution is -2.24. The highest BCUT2D eigenvalue weighted by Gasteiger charge is 2.11. The second kappa shape index (κ2) is 8.65. The van der Waals surface area contributed by atoms with Crippen LogP contribution in [0, 0.1) is 13.8 Å². The van der Waals surface area contributed by atoms with Crippen molar-refractivity contribution in [2.45, 2.75) is 40.2 Å². The summed E-state index contributed by atoms with van der Waals surface area (Å²) < 4.78 is 0. The largest absolute Gasteiger partial charge is 0.347 e. The van der Waals surface area contributed by atoms with E-state index in [-0.39, 0.29) is 5.91 Å². The summed E-state index contributed by atoms with van der Waals surface area (Å²) in [4.78, 5) is 21.4. The van der Waals surface area contributed by atoms with Crippen molar-refractivity contribution in [2.75, 3.05) is 5.32 Å². The second-order valence-corrected chi connectivity index (χ2v) is 7.23. The molecule has 0 radical (unpaired) electrons. The number of hydrogen-bond donors (Lipinski definition) is 2. The summed E-state index contributed by atoms with van der Waals surface area (Å²) >= 11 is 0. The molecule has 0 spiro atoms.